The minimum Gasteiger partial charge on any atom is -0.487 e. The first-order valence-electron chi connectivity index (χ1n) is 9.59. The van der Waals surface area contributed by atoms with Gasteiger partial charge in [0.1, 0.15) is 18.4 Å². The summed E-state index contributed by atoms with van der Waals surface area (Å²) in [5.41, 5.74) is 0.619. The van der Waals surface area contributed by atoms with Gasteiger partial charge in [-0.3, -0.25) is 4.79 Å². The van der Waals surface area contributed by atoms with Crippen molar-refractivity contribution in [2.24, 2.45) is 5.41 Å². The van der Waals surface area contributed by atoms with Crippen molar-refractivity contribution < 1.29 is 19.4 Å². The number of ether oxygens (including phenoxy) is 1. The number of hydrogen-bond donors (Lipinski definition) is 2. The Morgan fingerprint density at radius 2 is 1.70 bits per heavy atom. The second kappa shape index (κ2) is 8.88. The van der Waals surface area contributed by atoms with Gasteiger partial charge in [-0.05, 0) is 34.6 Å². The van der Waals surface area contributed by atoms with Crippen LogP contribution in [0.5, 0.6) is 5.75 Å². The smallest absolute Gasteiger partial charge is 0.326 e. The van der Waals surface area contributed by atoms with Crippen LogP contribution in [0, 0.1) is 5.41 Å². The number of nitrogens with one attached hydrogen (secondary N) is 1. The first-order chi connectivity index (χ1) is 14.2. The van der Waals surface area contributed by atoms with Crippen LogP contribution in [-0.4, -0.2) is 23.0 Å². The van der Waals surface area contributed by atoms with Gasteiger partial charge in [0.15, 0.2) is 0 Å². The molecule has 0 aliphatic carbocycles. The number of carbonyl (C=O) groups is 2. The molecule has 5 nitrogen and oxygen atoms in total. The summed E-state index contributed by atoms with van der Waals surface area (Å²) in [5.74, 6) is -1.12. The molecule has 0 saturated carbocycles. The summed E-state index contributed by atoms with van der Waals surface area (Å²) in [7, 11) is 0. The summed E-state index contributed by atoms with van der Waals surface area (Å²) in [6.45, 7) is 5.61. The number of carboxylic acid groups (broad SMARTS) is 1. The van der Waals surface area contributed by atoms with E-state index in [1.54, 1.807) is 26.8 Å². The Bertz CT molecular complexity index is 1070. The third kappa shape index (κ3) is 5.00. The van der Waals surface area contributed by atoms with Gasteiger partial charge in [-0.25, -0.2) is 4.79 Å². The molecule has 0 fully saturated rings. The molecule has 0 unspecified atom stereocenters. The minimum atomic E-state index is -1.08. The maximum absolute atomic E-state index is 13.1. The molecule has 2 N–H and O–H groups in total. The fraction of sp³-hybridized carbons (Fsp3) is 0.250. The van der Waals surface area contributed by atoms with Crippen molar-refractivity contribution in [1.29, 1.82) is 0 Å². The summed E-state index contributed by atoms with van der Waals surface area (Å²) >= 11 is 3.41. The molecule has 6 heteroatoms. The molecule has 0 aliphatic heterocycles. The minimum absolute atomic E-state index is 0.281. The Balaban J connectivity index is 1.97. The van der Waals surface area contributed by atoms with E-state index < -0.39 is 23.3 Å². The molecule has 0 aliphatic rings. The van der Waals surface area contributed by atoms with Gasteiger partial charge in [0.2, 0.25) is 0 Å². The van der Waals surface area contributed by atoms with Crippen molar-refractivity contribution in [2.45, 2.75) is 33.4 Å². The highest BCUT2D eigenvalue weighted by molar-refractivity contribution is 9.10. The van der Waals surface area contributed by atoms with Crippen LogP contribution < -0.4 is 10.1 Å². The number of fused-ring (bicyclic) bond motifs is 1. The quantitative estimate of drug-likeness (QED) is 0.505. The number of hydrogen-bond acceptors (Lipinski definition) is 3. The molecule has 156 valence electrons. The zero-order valence-corrected chi connectivity index (χ0v) is 18.7. The monoisotopic (exact) mass is 469 g/mol. The van der Waals surface area contributed by atoms with Crippen LogP contribution in [0.1, 0.15) is 36.7 Å². The molecule has 0 bridgehead atoms. The molecular formula is C24H24BrNO4. The molecule has 0 radical (unpaired) electrons. The van der Waals surface area contributed by atoms with E-state index in [1.165, 1.54) is 0 Å². The molecule has 3 aromatic carbocycles. The number of carbonyl (C=O) groups excluding carboxylic acids is 1. The highest BCUT2D eigenvalue weighted by Crippen LogP contribution is 2.31. The Morgan fingerprint density at radius 3 is 2.33 bits per heavy atom. The predicted molar refractivity (Wildman–Crippen MR) is 121 cm³/mol. The lowest BCUT2D eigenvalue weighted by atomic mass is 9.86. The van der Waals surface area contributed by atoms with Gasteiger partial charge < -0.3 is 15.2 Å². The number of rotatable bonds is 6. The fourth-order valence-corrected chi connectivity index (χ4v) is 3.44. The van der Waals surface area contributed by atoms with Crippen molar-refractivity contribution in [2.75, 3.05) is 0 Å². The number of amides is 1. The molecule has 1 atom stereocenters. The highest BCUT2D eigenvalue weighted by atomic mass is 79.9. The van der Waals surface area contributed by atoms with Gasteiger partial charge in [-0.2, -0.15) is 0 Å². The molecule has 0 heterocycles. The molecule has 30 heavy (non-hydrogen) atoms. The van der Waals surface area contributed by atoms with Crippen molar-refractivity contribution in [3.8, 4) is 5.75 Å². The molecule has 0 aromatic heterocycles. The largest absolute Gasteiger partial charge is 0.487 e. The average Bonchev–Trinajstić information content (AvgIpc) is 2.70. The van der Waals surface area contributed by atoms with Crippen molar-refractivity contribution in [1.82, 2.24) is 5.32 Å². The molecule has 1 amide bonds. The van der Waals surface area contributed by atoms with Crippen LogP contribution >= 0.6 is 15.9 Å². The van der Waals surface area contributed by atoms with E-state index in [4.69, 9.17) is 4.74 Å². The number of halogens is 1. The van der Waals surface area contributed by atoms with Crippen LogP contribution in [0.15, 0.2) is 65.1 Å². The first kappa shape index (κ1) is 21.8. The summed E-state index contributed by atoms with van der Waals surface area (Å²) in [6.07, 6.45) is 0. The van der Waals surface area contributed by atoms with Crippen LogP contribution in [0.3, 0.4) is 0 Å². The van der Waals surface area contributed by atoms with E-state index >= 15 is 0 Å². The summed E-state index contributed by atoms with van der Waals surface area (Å²) < 4.78 is 7.07. The van der Waals surface area contributed by atoms with Gasteiger partial charge in [0.25, 0.3) is 5.91 Å². The van der Waals surface area contributed by atoms with Crippen molar-refractivity contribution >= 4 is 38.6 Å². The second-order valence-corrected chi connectivity index (χ2v) is 9.10. The van der Waals surface area contributed by atoms with Gasteiger partial charge >= 0.3 is 5.97 Å². The van der Waals surface area contributed by atoms with Gasteiger partial charge in [-0.1, -0.05) is 79.2 Å². The summed E-state index contributed by atoms with van der Waals surface area (Å²) in [6, 6.07) is 17.8. The van der Waals surface area contributed by atoms with Crippen LogP contribution in [0.25, 0.3) is 10.8 Å². The standard InChI is InChI=1S/C24H24BrNO4/c1-24(2,3)21(23(28)29)26-22(27)19-13-10-16-6-4-5-7-18(16)20(19)30-14-15-8-11-17(25)12-9-15/h4-13,21H,14H2,1-3H3,(H,26,27)(H,28,29)/t21-/m1/s1. The third-order valence-electron chi connectivity index (χ3n) is 4.81. The number of carboxylic acids is 1. The lowest BCUT2D eigenvalue weighted by Gasteiger charge is -2.28. The van der Waals surface area contributed by atoms with Gasteiger partial charge in [-0.15, -0.1) is 0 Å². The third-order valence-corrected chi connectivity index (χ3v) is 5.34. The molecule has 0 spiro atoms. The van der Waals surface area contributed by atoms with Gasteiger partial charge in [0, 0.05) is 9.86 Å². The average molecular weight is 470 g/mol. The zero-order chi connectivity index (χ0) is 21.9. The number of benzene rings is 3. The molecule has 3 aromatic rings. The van der Waals surface area contributed by atoms with E-state index in [1.807, 2.05) is 54.6 Å². The SMILES string of the molecule is CC(C)(C)[C@H](NC(=O)c1ccc2ccccc2c1OCc1ccc(Br)cc1)C(=O)O. The first-order valence-corrected chi connectivity index (χ1v) is 10.4. The van der Waals surface area contributed by atoms with E-state index in [9.17, 15) is 14.7 Å². The van der Waals surface area contributed by atoms with Crippen molar-refractivity contribution in [3.63, 3.8) is 0 Å². The normalized spacial score (nSPS) is 12.4. The van der Waals surface area contributed by atoms with Gasteiger partial charge in [0.05, 0.1) is 5.56 Å². The summed E-state index contributed by atoms with van der Waals surface area (Å²) in [4.78, 5) is 24.8. The maximum Gasteiger partial charge on any atom is 0.326 e. The predicted octanol–water partition coefficient (Wildman–Crippen LogP) is 5.41. The lowest BCUT2D eigenvalue weighted by Crippen LogP contribution is -2.49. The second-order valence-electron chi connectivity index (χ2n) is 8.19. The van der Waals surface area contributed by atoms with E-state index in [-0.39, 0.29) is 6.61 Å². The van der Waals surface area contributed by atoms with E-state index in [2.05, 4.69) is 21.2 Å². The molecule has 3 rings (SSSR count). The highest BCUT2D eigenvalue weighted by Gasteiger charge is 2.33. The topological polar surface area (TPSA) is 75.6 Å². The van der Waals surface area contributed by atoms with E-state index in [0.29, 0.717) is 11.3 Å². The Kier molecular flexibility index (Phi) is 6.46. The van der Waals surface area contributed by atoms with Crippen LogP contribution in [-0.2, 0) is 11.4 Å². The van der Waals surface area contributed by atoms with E-state index in [0.717, 1.165) is 20.8 Å². The maximum atomic E-state index is 13.1. The Hall–Kier alpha value is -2.86. The Morgan fingerprint density at radius 1 is 1.03 bits per heavy atom. The summed E-state index contributed by atoms with van der Waals surface area (Å²) in [5, 5.41) is 14.0. The number of aliphatic carboxylic acids is 1. The molecular weight excluding hydrogens is 446 g/mol. The van der Waals surface area contributed by atoms with Crippen LogP contribution in [0.2, 0.25) is 0 Å². The fourth-order valence-electron chi connectivity index (χ4n) is 3.17. The molecule has 0 saturated heterocycles. The van der Waals surface area contributed by atoms with Crippen LogP contribution in [0.4, 0.5) is 0 Å². The van der Waals surface area contributed by atoms with Crippen molar-refractivity contribution in [3.05, 3.63) is 76.3 Å². The Labute approximate surface area is 184 Å². The lowest BCUT2D eigenvalue weighted by molar-refractivity contribution is -0.142. The zero-order valence-electron chi connectivity index (χ0n) is 17.1.